The molecule has 4 rings (SSSR count). The highest BCUT2D eigenvalue weighted by atomic mass is 16.1. The molecule has 1 aromatic heterocycles. The average molecular weight is 302 g/mol. The molecule has 0 saturated carbocycles. The van der Waals surface area contributed by atoms with E-state index in [2.05, 4.69) is 12.2 Å². The van der Waals surface area contributed by atoms with Gasteiger partial charge in [-0.2, -0.15) is 0 Å². The van der Waals surface area contributed by atoms with Gasteiger partial charge in [0.25, 0.3) is 0 Å². The van der Waals surface area contributed by atoms with E-state index in [9.17, 15) is 4.79 Å². The summed E-state index contributed by atoms with van der Waals surface area (Å²) in [5.41, 5.74) is 3.24. The summed E-state index contributed by atoms with van der Waals surface area (Å²) in [7, 11) is 0. The van der Waals surface area contributed by atoms with Gasteiger partial charge in [0.1, 0.15) is 5.82 Å². The Morgan fingerprint density at radius 3 is 2.43 bits per heavy atom. The van der Waals surface area contributed by atoms with Gasteiger partial charge in [0.15, 0.2) is 5.78 Å². The molecule has 0 bridgehead atoms. The summed E-state index contributed by atoms with van der Waals surface area (Å²) in [4.78, 5) is 17.6. The summed E-state index contributed by atoms with van der Waals surface area (Å²) < 4.78 is 0. The van der Waals surface area contributed by atoms with E-state index in [1.54, 1.807) is 0 Å². The molecule has 0 unspecified atom stereocenters. The van der Waals surface area contributed by atoms with Crippen LogP contribution in [0.1, 0.15) is 35.7 Å². The van der Waals surface area contributed by atoms with Crippen molar-refractivity contribution in [3.05, 3.63) is 59.7 Å². The van der Waals surface area contributed by atoms with Crippen molar-refractivity contribution >= 4 is 22.4 Å². The minimum Gasteiger partial charge on any atom is -0.370 e. The Kier molecular flexibility index (Phi) is 3.34. The lowest BCUT2D eigenvalue weighted by Gasteiger charge is -2.12. The number of fused-ring (bicyclic) bond motifs is 5. The Morgan fingerprint density at radius 1 is 0.957 bits per heavy atom. The number of hydrogen-bond donors (Lipinski definition) is 1. The minimum absolute atomic E-state index is 0.0828. The number of ketones is 1. The van der Waals surface area contributed by atoms with Crippen LogP contribution in [0.15, 0.2) is 48.5 Å². The van der Waals surface area contributed by atoms with Crippen molar-refractivity contribution in [3.63, 3.8) is 0 Å². The van der Waals surface area contributed by atoms with Crippen molar-refractivity contribution in [2.75, 3.05) is 11.9 Å². The fourth-order valence-electron chi connectivity index (χ4n) is 3.23. The zero-order chi connectivity index (χ0) is 15.8. The summed E-state index contributed by atoms with van der Waals surface area (Å²) in [5, 5.41) is 5.44. The van der Waals surface area contributed by atoms with Crippen LogP contribution in [0.4, 0.5) is 5.82 Å². The van der Waals surface area contributed by atoms with E-state index < -0.39 is 0 Å². The van der Waals surface area contributed by atoms with Gasteiger partial charge in [0, 0.05) is 23.1 Å². The molecule has 0 aliphatic heterocycles. The maximum atomic E-state index is 12.8. The van der Waals surface area contributed by atoms with Gasteiger partial charge in [0.05, 0.1) is 11.3 Å². The standard InChI is InChI=1S/C20H18N2O/c1-2-3-12-21-20-16-11-7-4-8-13(16)17-18(22-20)14-9-5-6-10-15(14)19(17)23/h4-11H,2-3,12H2,1H3,(H,21,22). The molecule has 1 heterocycles. The number of hydrogen-bond acceptors (Lipinski definition) is 3. The van der Waals surface area contributed by atoms with Crippen LogP contribution >= 0.6 is 0 Å². The lowest BCUT2D eigenvalue weighted by atomic mass is 10.0. The van der Waals surface area contributed by atoms with E-state index in [0.717, 1.165) is 58.4 Å². The number of carbonyl (C=O) groups excluding carboxylic acids is 1. The molecule has 0 amide bonds. The number of aromatic nitrogens is 1. The zero-order valence-electron chi connectivity index (χ0n) is 13.1. The van der Waals surface area contributed by atoms with Crippen LogP contribution in [-0.2, 0) is 0 Å². The number of pyridine rings is 1. The number of rotatable bonds is 4. The summed E-state index contributed by atoms with van der Waals surface area (Å²) >= 11 is 0. The lowest BCUT2D eigenvalue weighted by molar-refractivity contribution is 0.104. The second-order valence-electron chi connectivity index (χ2n) is 5.88. The molecule has 1 aliphatic rings. The molecule has 3 heteroatoms. The molecule has 3 aromatic rings. The molecule has 3 nitrogen and oxygen atoms in total. The molecular weight excluding hydrogens is 284 g/mol. The van der Waals surface area contributed by atoms with E-state index >= 15 is 0 Å². The first-order valence-electron chi connectivity index (χ1n) is 8.12. The molecule has 0 radical (unpaired) electrons. The fraction of sp³-hybridized carbons (Fsp3) is 0.200. The number of nitrogens with zero attached hydrogens (tertiary/aromatic N) is 1. The van der Waals surface area contributed by atoms with E-state index in [1.165, 1.54) is 0 Å². The van der Waals surface area contributed by atoms with Crippen molar-refractivity contribution in [1.29, 1.82) is 0 Å². The number of unbranched alkanes of at least 4 members (excludes halogenated alkanes) is 1. The van der Waals surface area contributed by atoms with E-state index in [4.69, 9.17) is 4.98 Å². The van der Waals surface area contributed by atoms with E-state index in [-0.39, 0.29) is 5.78 Å². The maximum absolute atomic E-state index is 12.8. The second-order valence-corrected chi connectivity index (χ2v) is 5.88. The number of nitrogens with one attached hydrogen (secondary N) is 1. The Bertz CT molecular complexity index is 915. The number of benzene rings is 2. The van der Waals surface area contributed by atoms with Crippen LogP contribution < -0.4 is 5.32 Å². The van der Waals surface area contributed by atoms with Crippen LogP contribution in [0.3, 0.4) is 0 Å². The average Bonchev–Trinajstić information content (AvgIpc) is 2.88. The quantitative estimate of drug-likeness (QED) is 0.558. The first-order chi connectivity index (χ1) is 11.3. The third-order valence-electron chi connectivity index (χ3n) is 4.39. The number of carbonyl (C=O) groups is 1. The first-order valence-corrected chi connectivity index (χ1v) is 8.12. The smallest absolute Gasteiger partial charge is 0.196 e. The van der Waals surface area contributed by atoms with Crippen LogP contribution in [-0.4, -0.2) is 17.3 Å². The molecule has 0 atom stereocenters. The summed E-state index contributed by atoms with van der Waals surface area (Å²) in [6.07, 6.45) is 2.24. The van der Waals surface area contributed by atoms with Gasteiger partial charge in [-0.1, -0.05) is 61.9 Å². The third-order valence-corrected chi connectivity index (χ3v) is 4.39. The Balaban J connectivity index is 1.96. The normalized spacial score (nSPS) is 12.3. The predicted octanol–water partition coefficient (Wildman–Crippen LogP) is 4.66. The highest BCUT2D eigenvalue weighted by Crippen LogP contribution is 2.40. The molecule has 2 aromatic carbocycles. The van der Waals surface area contributed by atoms with Gasteiger partial charge in [-0.05, 0) is 11.8 Å². The number of anilines is 1. The highest BCUT2D eigenvalue weighted by Gasteiger charge is 2.30. The Hall–Kier alpha value is -2.68. The van der Waals surface area contributed by atoms with Gasteiger partial charge < -0.3 is 5.32 Å². The van der Waals surface area contributed by atoms with Crippen molar-refractivity contribution in [2.45, 2.75) is 19.8 Å². The predicted molar refractivity (Wildman–Crippen MR) is 94.0 cm³/mol. The highest BCUT2D eigenvalue weighted by molar-refractivity contribution is 6.27. The van der Waals surface area contributed by atoms with Crippen LogP contribution in [0.2, 0.25) is 0 Å². The largest absolute Gasteiger partial charge is 0.370 e. The zero-order valence-corrected chi connectivity index (χ0v) is 13.1. The van der Waals surface area contributed by atoms with Crippen molar-refractivity contribution in [3.8, 4) is 11.3 Å². The van der Waals surface area contributed by atoms with Crippen LogP contribution in [0.5, 0.6) is 0 Å². The first kappa shape index (κ1) is 13.9. The molecule has 1 aliphatic carbocycles. The van der Waals surface area contributed by atoms with E-state index in [0.29, 0.717) is 0 Å². The summed E-state index contributed by atoms with van der Waals surface area (Å²) in [6.45, 7) is 3.06. The molecule has 1 N–H and O–H groups in total. The summed E-state index contributed by atoms with van der Waals surface area (Å²) in [5.74, 6) is 0.955. The lowest BCUT2D eigenvalue weighted by Crippen LogP contribution is -2.06. The topological polar surface area (TPSA) is 42.0 Å². The SMILES string of the molecule is CCCCNc1nc2c(c3ccccc13)C(=O)c1ccccc1-2. The van der Waals surface area contributed by atoms with E-state index in [1.807, 2.05) is 48.5 Å². The van der Waals surface area contributed by atoms with Gasteiger partial charge in [-0.15, -0.1) is 0 Å². The molecule has 0 saturated heterocycles. The monoisotopic (exact) mass is 302 g/mol. The van der Waals surface area contributed by atoms with Crippen LogP contribution in [0, 0.1) is 0 Å². The molecule has 23 heavy (non-hydrogen) atoms. The second kappa shape index (κ2) is 5.51. The van der Waals surface area contributed by atoms with Crippen molar-refractivity contribution < 1.29 is 4.79 Å². The van der Waals surface area contributed by atoms with Crippen molar-refractivity contribution in [2.24, 2.45) is 0 Å². The molecule has 114 valence electrons. The van der Waals surface area contributed by atoms with Gasteiger partial charge in [0.2, 0.25) is 0 Å². The van der Waals surface area contributed by atoms with Gasteiger partial charge in [-0.25, -0.2) is 4.98 Å². The Morgan fingerprint density at radius 2 is 1.65 bits per heavy atom. The molecule has 0 spiro atoms. The van der Waals surface area contributed by atoms with Crippen molar-refractivity contribution in [1.82, 2.24) is 4.98 Å². The van der Waals surface area contributed by atoms with Gasteiger partial charge >= 0.3 is 0 Å². The fourth-order valence-corrected chi connectivity index (χ4v) is 3.23. The molecule has 0 fully saturated rings. The van der Waals surface area contributed by atoms with Gasteiger partial charge in [-0.3, -0.25) is 4.79 Å². The third kappa shape index (κ3) is 2.12. The van der Waals surface area contributed by atoms with Crippen LogP contribution in [0.25, 0.3) is 22.0 Å². The Labute approximate surface area is 135 Å². The minimum atomic E-state index is 0.0828. The summed E-state index contributed by atoms with van der Waals surface area (Å²) in [6, 6.07) is 15.8. The maximum Gasteiger partial charge on any atom is 0.196 e. The molecular formula is C20H18N2O.